The Bertz CT molecular complexity index is 3980. The van der Waals surface area contributed by atoms with Crippen molar-refractivity contribution >= 4 is 98.2 Å². The number of fused-ring (bicyclic) bond motifs is 5. The minimum Gasteiger partial charge on any atom is -0.477 e. The van der Waals surface area contributed by atoms with E-state index in [2.05, 4.69) is 16.0 Å². The van der Waals surface area contributed by atoms with Crippen LogP contribution in [-0.4, -0.2) is 95.8 Å². The summed E-state index contributed by atoms with van der Waals surface area (Å²) in [4.78, 5) is 79.2. The summed E-state index contributed by atoms with van der Waals surface area (Å²) in [6, 6.07) is 35.9. The van der Waals surface area contributed by atoms with Crippen LogP contribution in [0.3, 0.4) is 0 Å². The van der Waals surface area contributed by atoms with Gasteiger partial charge >= 0.3 is 24.1 Å². The number of esters is 1. The molecule has 10 rings (SSSR count). The number of H-pyrrole nitrogens is 2. The number of carbonyl (C=O) groups excluding carboxylic acids is 5. The summed E-state index contributed by atoms with van der Waals surface area (Å²) in [6.45, 7) is 13.4. The molecule has 2 unspecified atom stereocenters. The predicted molar refractivity (Wildman–Crippen MR) is 321 cm³/mol. The van der Waals surface area contributed by atoms with Crippen LogP contribution in [0.1, 0.15) is 114 Å². The van der Waals surface area contributed by atoms with E-state index < -0.39 is 35.3 Å². The molecule has 1 saturated heterocycles. The standard InChI is InChI=1S/C21H23N3O.C19H20N2O4.C14H15NO3.C12H8N2O2/c22-13-16(12-17-14-23-19-9-3-2-8-18(17)19)21(25)24-11-5-7-15-6-1-4-10-20(15)24;1-5-24-17(22)13(11-20)10-14-12-21(18(23)25-19(2,3)4)16-9-7-6-8-15(14)16;1-14(2,3)18-13(17)15-8-10(9-16)11-6-4-5-7-12(11)15;13-6-8(12(15)16)5-9-7-14-11-4-2-1-3-10(9)11/h2-3,8-9,12,14-15,20,23H,1,4-7,10-11H2;6-10,12H,5H2,1-4H3;4-9H,1-3H3;1-5,7,14H,(H,15,16)/b16-12+;13-10+;;8-5+. The zero-order chi connectivity index (χ0) is 60.7. The molecule has 2 atom stereocenters. The Balaban J connectivity index is 0.000000163. The van der Waals surface area contributed by atoms with Crippen LogP contribution in [0.15, 0.2) is 139 Å². The second-order valence-electron chi connectivity index (χ2n) is 21.9. The highest BCUT2D eigenvalue weighted by Crippen LogP contribution is 2.36. The number of benzene rings is 4. The maximum atomic E-state index is 13.1. The molecule has 2 fully saturated rings. The van der Waals surface area contributed by atoms with Gasteiger partial charge in [-0.3, -0.25) is 18.7 Å². The topological polar surface area (TPSA) is 266 Å². The molecule has 1 saturated carbocycles. The third-order valence-corrected chi connectivity index (χ3v) is 13.8. The first-order valence-corrected chi connectivity index (χ1v) is 27.5. The smallest absolute Gasteiger partial charge is 0.419 e. The van der Waals surface area contributed by atoms with Gasteiger partial charge in [0.2, 0.25) is 0 Å². The number of nitrogens with zero attached hydrogens (tertiary/aromatic N) is 6. The highest BCUT2D eigenvalue weighted by molar-refractivity contribution is 6.05. The number of nitriles is 3. The van der Waals surface area contributed by atoms with Crippen LogP contribution in [0.2, 0.25) is 0 Å². The van der Waals surface area contributed by atoms with Crippen molar-refractivity contribution in [1.82, 2.24) is 24.0 Å². The molecule has 84 heavy (non-hydrogen) atoms. The SMILES string of the molecule is CC(C)(C)OC(=O)n1cc(C=O)c2ccccc21.CCOC(=O)/C(C#N)=C/c1cn(C(=O)OC(C)(C)C)c2ccccc12.N#C/C(=C\c1c[nH]c2ccccc12)C(=O)N1CCCC2CCCCC21.N#C/C(=C\c1c[nH]c2ccccc12)C(=O)O. The average molecular weight is 1130 g/mol. The van der Waals surface area contributed by atoms with E-state index in [9.17, 15) is 39.3 Å². The third-order valence-electron chi connectivity index (χ3n) is 13.8. The number of aromatic amines is 2. The molecular formula is C66H66N8O10. The van der Waals surface area contributed by atoms with E-state index in [1.807, 2.05) is 90.0 Å². The number of aliphatic carboxylic acids is 1. The van der Waals surface area contributed by atoms with Crippen molar-refractivity contribution in [2.24, 2.45) is 5.92 Å². The molecule has 18 nitrogen and oxygen atoms in total. The quantitative estimate of drug-likeness (QED) is 0.0420. The molecule has 1 amide bonds. The lowest BCUT2D eigenvalue weighted by atomic mass is 9.78. The lowest BCUT2D eigenvalue weighted by molar-refractivity contribution is -0.138. The van der Waals surface area contributed by atoms with Crippen LogP contribution in [0.25, 0.3) is 61.8 Å². The summed E-state index contributed by atoms with van der Waals surface area (Å²) in [5, 5.41) is 39.6. The van der Waals surface area contributed by atoms with Crippen LogP contribution in [-0.2, 0) is 28.6 Å². The highest BCUT2D eigenvalue weighted by Gasteiger charge is 2.37. The Hall–Kier alpha value is -10.3. The second kappa shape index (κ2) is 27.5. The van der Waals surface area contributed by atoms with Gasteiger partial charge in [-0.15, -0.1) is 0 Å². The fourth-order valence-electron chi connectivity index (χ4n) is 10.1. The van der Waals surface area contributed by atoms with Crippen LogP contribution >= 0.6 is 0 Å². The van der Waals surface area contributed by atoms with E-state index in [0.29, 0.717) is 39.7 Å². The lowest BCUT2D eigenvalue weighted by Gasteiger charge is -2.44. The summed E-state index contributed by atoms with van der Waals surface area (Å²) >= 11 is 0. The monoisotopic (exact) mass is 1130 g/mol. The predicted octanol–water partition coefficient (Wildman–Crippen LogP) is 13.5. The van der Waals surface area contributed by atoms with E-state index in [-0.39, 0.29) is 29.2 Å². The summed E-state index contributed by atoms with van der Waals surface area (Å²) in [5.41, 5.74) is 4.52. The zero-order valence-electron chi connectivity index (χ0n) is 48.0. The Kier molecular flexibility index (Phi) is 20.1. The van der Waals surface area contributed by atoms with Crippen molar-refractivity contribution in [2.45, 2.75) is 104 Å². The van der Waals surface area contributed by atoms with Crippen LogP contribution in [0.5, 0.6) is 0 Å². The first kappa shape index (κ1) is 61.4. The molecule has 430 valence electrons. The molecule has 1 aliphatic heterocycles. The number of carboxylic acids is 1. The molecule has 8 aromatic rings. The van der Waals surface area contributed by atoms with Crippen LogP contribution in [0.4, 0.5) is 9.59 Å². The number of hydrogen-bond donors (Lipinski definition) is 3. The molecular weight excluding hydrogens is 1060 g/mol. The van der Waals surface area contributed by atoms with Gasteiger partial charge in [0.25, 0.3) is 5.91 Å². The number of hydrogen-bond acceptors (Lipinski definition) is 12. The van der Waals surface area contributed by atoms with Gasteiger partial charge < -0.3 is 34.2 Å². The average Bonchev–Trinajstić information content (AvgIpc) is 4.45. The van der Waals surface area contributed by atoms with E-state index in [1.165, 1.54) is 53.2 Å². The highest BCUT2D eigenvalue weighted by atomic mass is 16.6. The molecule has 1 aliphatic carbocycles. The molecule has 5 heterocycles. The van der Waals surface area contributed by atoms with Gasteiger partial charge in [-0.25, -0.2) is 19.2 Å². The van der Waals surface area contributed by atoms with Crippen molar-refractivity contribution in [2.75, 3.05) is 13.2 Å². The van der Waals surface area contributed by atoms with Crippen molar-refractivity contribution < 1.29 is 48.1 Å². The molecule has 3 N–H and O–H groups in total. The number of aromatic nitrogens is 4. The Morgan fingerprint density at radius 1 is 0.595 bits per heavy atom. The second-order valence-corrected chi connectivity index (χ2v) is 21.9. The van der Waals surface area contributed by atoms with Crippen molar-refractivity contribution in [1.29, 1.82) is 15.8 Å². The first-order valence-electron chi connectivity index (χ1n) is 27.5. The molecule has 4 aromatic heterocycles. The minimum absolute atomic E-state index is 0.0932. The number of ether oxygens (including phenoxy) is 3. The number of rotatable bonds is 8. The Labute approximate surface area is 486 Å². The molecule has 2 aliphatic rings. The van der Waals surface area contributed by atoms with Gasteiger partial charge in [0.15, 0.2) is 6.29 Å². The largest absolute Gasteiger partial charge is 0.477 e. The van der Waals surface area contributed by atoms with Crippen LogP contribution in [0, 0.1) is 39.9 Å². The molecule has 18 heteroatoms. The van der Waals surface area contributed by atoms with E-state index in [4.69, 9.17) is 24.6 Å². The maximum absolute atomic E-state index is 13.1. The van der Waals surface area contributed by atoms with Gasteiger partial charge in [0.1, 0.15) is 46.1 Å². The van der Waals surface area contributed by atoms with Crippen molar-refractivity contribution in [3.05, 3.63) is 161 Å². The number of nitrogens with one attached hydrogen (secondary N) is 2. The maximum Gasteiger partial charge on any atom is 0.419 e. The number of carbonyl (C=O) groups is 6. The number of para-hydroxylation sites is 4. The van der Waals surface area contributed by atoms with Gasteiger partial charge in [0, 0.05) is 92.2 Å². The first-order chi connectivity index (χ1) is 40.2. The van der Waals surface area contributed by atoms with E-state index in [0.717, 1.165) is 63.8 Å². The third kappa shape index (κ3) is 15.2. The molecule has 0 bridgehead atoms. The van der Waals surface area contributed by atoms with E-state index >= 15 is 0 Å². The van der Waals surface area contributed by atoms with Gasteiger partial charge in [-0.2, -0.15) is 15.8 Å². The fourth-order valence-corrected chi connectivity index (χ4v) is 10.1. The lowest BCUT2D eigenvalue weighted by Crippen LogP contribution is -2.50. The summed E-state index contributed by atoms with van der Waals surface area (Å²) < 4.78 is 18.3. The number of aldehydes is 1. The van der Waals surface area contributed by atoms with Gasteiger partial charge in [-0.05, 0) is 123 Å². The normalized spacial score (nSPS) is 15.3. The number of amides is 1. The van der Waals surface area contributed by atoms with Gasteiger partial charge in [0.05, 0.1) is 17.6 Å². The van der Waals surface area contributed by atoms with Crippen molar-refractivity contribution in [3.63, 3.8) is 0 Å². The molecule has 0 radical (unpaired) electrons. The van der Waals surface area contributed by atoms with Crippen LogP contribution < -0.4 is 0 Å². The Morgan fingerprint density at radius 2 is 1.04 bits per heavy atom. The number of piperidine rings is 1. The summed E-state index contributed by atoms with van der Waals surface area (Å²) in [7, 11) is 0. The number of carboxylic acid groups (broad SMARTS) is 1. The fraction of sp³-hybridized carbons (Fsp3) is 0.288. The number of likely N-dealkylation sites (tertiary alicyclic amines) is 1. The molecule has 4 aromatic carbocycles. The Morgan fingerprint density at radius 3 is 1.52 bits per heavy atom. The minimum atomic E-state index is -1.22. The summed E-state index contributed by atoms with van der Waals surface area (Å²) in [6.07, 6.45) is 17.9. The van der Waals surface area contributed by atoms with Crippen molar-refractivity contribution in [3.8, 4) is 18.2 Å². The van der Waals surface area contributed by atoms with Gasteiger partial charge in [-0.1, -0.05) is 85.6 Å². The molecule has 0 spiro atoms. The summed E-state index contributed by atoms with van der Waals surface area (Å²) in [5.74, 6) is -1.38. The zero-order valence-corrected chi connectivity index (χ0v) is 48.0. The van der Waals surface area contributed by atoms with E-state index in [1.54, 1.807) is 97.3 Å².